The number of ether oxygens (including phenoxy) is 1. The third-order valence-electron chi connectivity index (χ3n) is 5.10. The lowest BCUT2D eigenvalue weighted by Crippen LogP contribution is -2.47. The van der Waals surface area contributed by atoms with Crippen molar-refractivity contribution in [1.82, 2.24) is 9.55 Å². The van der Waals surface area contributed by atoms with E-state index in [1.807, 2.05) is 33.9 Å². The van der Waals surface area contributed by atoms with Gasteiger partial charge in [-0.1, -0.05) is 20.8 Å². The predicted molar refractivity (Wildman–Crippen MR) is 92.9 cm³/mol. The van der Waals surface area contributed by atoms with Crippen LogP contribution in [0.1, 0.15) is 33.4 Å². The van der Waals surface area contributed by atoms with Gasteiger partial charge in [0.15, 0.2) is 26.4 Å². The van der Waals surface area contributed by atoms with E-state index in [-0.39, 0.29) is 18.1 Å². The number of carbonyl (C=O) groups excluding carboxylic acids is 1. The van der Waals surface area contributed by atoms with Crippen LogP contribution in [-0.4, -0.2) is 42.5 Å². The van der Waals surface area contributed by atoms with Crippen LogP contribution in [-0.2, 0) is 14.0 Å². The SMILES string of the molecule is CC(C)(C)[Si](C)(C)OCC1(C=O)CC(F)C(n2cc(F)c(=O)[nH]c2=O)O1. The van der Waals surface area contributed by atoms with Gasteiger partial charge in [-0.2, -0.15) is 4.39 Å². The molecule has 0 radical (unpaired) electrons. The van der Waals surface area contributed by atoms with Gasteiger partial charge in [-0.05, 0) is 18.1 Å². The normalized spacial score (nSPS) is 26.9. The fraction of sp³-hybridized carbons (Fsp3) is 0.688. The number of alkyl halides is 1. The van der Waals surface area contributed by atoms with Crippen LogP contribution >= 0.6 is 0 Å². The van der Waals surface area contributed by atoms with Gasteiger partial charge in [0.05, 0.1) is 12.8 Å². The molecule has 146 valence electrons. The Morgan fingerprint density at radius 2 is 2.08 bits per heavy atom. The van der Waals surface area contributed by atoms with Crippen molar-refractivity contribution in [3.8, 4) is 0 Å². The second-order valence-corrected chi connectivity index (χ2v) is 12.9. The molecule has 0 bridgehead atoms. The Labute approximate surface area is 150 Å². The van der Waals surface area contributed by atoms with Crippen LogP contribution < -0.4 is 11.2 Å². The van der Waals surface area contributed by atoms with Crippen LogP contribution in [0.3, 0.4) is 0 Å². The van der Waals surface area contributed by atoms with Crippen LogP contribution in [0, 0.1) is 5.82 Å². The molecule has 7 nitrogen and oxygen atoms in total. The largest absolute Gasteiger partial charge is 0.413 e. The fourth-order valence-corrected chi connectivity index (χ4v) is 3.43. The summed E-state index contributed by atoms with van der Waals surface area (Å²) in [6.07, 6.45) is -2.56. The van der Waals surface area contributed by atoms with Crippen molar-refractivity contribution in [3.63, 3.8) is 0 Å². The van der Waals surface area contributed by atoms with Gasteiger partial charge in [-0.25, -0.2) is 9.18 Å². The third-order valence-corrected chi connectivity index (χ3v) is 9.58. The second-order valence-electron chi connectivity index (χ2n) is 8.10. The summed E-state index contributed by atoms with van der Waals surface area (Å²) < 4.78 is 40.1. The lowest BCUT2D eigenvalue weighted by atomic mass is 10.0. The number of nitrogens with zero attached hydrogens (tertiary/aromatic N) is 1. The number of nitrogens with one attached hydrogen (secondary N) is 1. The van der Waals surface area contributed by atoms with Gasteiger partial charge < -0.3 is 14.0 Å². The Hall–Kier alpha value is -1.65. The van der Waals surface area contributed by atoms with E-state index in [2.05, 4.69) is 0 Å². The molecule has 2 heterocycles. The molecule has 1 aromatic rings. The van der Waals surface area contributed by atoms with Crippen molar-refractivity contribution in [3.05, 3.63) is 32.9 Å². The van der Waals surface area contributed by atoms with E-state index < -0.39 is 43.4 Å². The van der Waals surface area contributed by atoms with Crippen molar-refractivity contribution in [2.24, 2.45) is 0 Å². The molecular formula is C16H24F2N2O5Si. The van der Waals surface area contributed by atoms with Crippen molar-refractivity contribution in [1.29, 1.82) is 0 Å². The first kappa shape index (κ1) is 20.7. The highest BCUT2D eigenvalue weighted by molar-refractivity contribution is 6.74. The van der Waals surface area contributed by atoms with Gasteiger partial charge in [0.1, 0.15) is 6.17 Å². The van der Waals surface area contributed by atoms with Crippen LogP contribution in [0.15, 0.2) is 15.8 Å². The molecule has 2 rings (SSSR count). The number of aldehydes is 1. The highest BCUT2D eigenvalue weighted by Gasteiger charge is 2.50. The van der Waals surface area contributed by atoms with Crippen LogP contribution in [0.5, 0.6) is 0 Å². The lowest BCUT2D eigenvalue weighted by molar-refractivity contribution is -0.141. The Balaban J connectivity index is 2.27. The summed E-state index contributed by atoms with van der Waals surface area (Å²) in [7, 11) is -2.22. The van der Waals surface area contributed by atoms with Gasteiger partial charge in [-0.3, -0.25) is 14.3 Å². The molecule has 26 heavy (non-hydrogen) atoms. The van der Waals surface area contributed by atoms with Crippen molar-refractivity contribution >= 4 is 14.6 Å². The number of hydrogen-bond donors (Lipinski definition) is 1. The topological polar surface area (TPSA) is 90.4 Å². The summed E-state index contributed by atoms with van der Waals surface area (Å²) in [6.45, 7) is 9.85. The number of carbonyl (C=O) groups is 1. The number of halogens is 2. The van der Waals surface area contributed by atoms with Gasteiger partial charge in [0, 0.05) is 6.42 Å². The van der Waals surface area contributed by atoms with Crippen molar-refractivity contribution < 1.29 is 22.7 Å². The molecule has 0 aromatic carbocycles. The molecule has 10 heteroatoms. The second kappa shape index (κ2) is 6.82. The quantitative estimate of drug-likeness (QED) is 0.613. The summed E-state index contributed by atoms with van der Waals surface area (Å²) >= 11 is 0. The molecule has 0 amide bonds. The molecule has 1 saturated heterocycles. The highest BCUT2D eigenvalue weighted by Crippen LogP contribution is 2.41. The van der Waals surface area contributed by atoms with Crippen molar-refractivity contribution in [2.45, 2.75) is 63.3 Å². The van der Waals surface area contributed by atoms with Crippen LogP contribution in [0.4, 0.5) is 8.78 Å². The molecule has 1 aliphatic rings. The maximum Gasteiger partial charge on any atom is 0.330 e. The minimum absolute atomic E-state index is 0.122. The first-order valence-corrected chi connectivity index (χ1v) is 11.2. The minimum Gasteiger partial charge on any atom is -0.413 e. The first-order valence-electron chi connectivity index (χ1n) is 8.25. The number of H-pyrrole nitrogens is 1. The summed E-state index contributed by atoms with van der Waals surface area (Å²) in [5.41, 5.74) is -3.80. The number of aromatic amines is 1. The van der Waals surface area contributed by atoms with Crippen LogP contribution in [0.2, 0.25) is 18.1 Å². The molecule has 0 saturated carbocycles. The van der Waals surface area contributed by atoms with E-state index in [4.69, 9.17) is 9.16 Å². The number of aromatic nitrogens is 2. The zero-order chi connectivity index (χ0) is 19.9. The maximum atomic E-state index is 14.5. The standard InChI is InChI=1S/C16H24F2N2O5Si/c1-15(2,3)26(4,5)24-9-16(8-21)6-10(17)13(25-16)20-7-11(18)12(22)19-14(20)23/h7-8,10,13H,6,9H2,1-5H3,(H,19,22,23). The average molecular weight is 390 g/mol. The first-order chi connectivity index (χ1) is 11.8. The van der Waals surface area contributed by atoms with E-state index in [0.717, 1.165) is 0 Å². The number of rotatable bonds is 5. The van der Waals surface area contributed by atoms with E-state index in [1.165, 1.54) is 0 Å². The zero-order valence-electron chi connectivity index (χ0n) is 15.5. The summed E-state index contributed by atoms with van der Waals surface area (Å²) in [5.74, 6) is -1.25. The van der Waals surface area contributed by atoms with E-state index >= 15 is 0 Å². The van der Waals surface area contributed by atoms with E-state index in [0.29, 0.717) is 17.1 Å². The summed E-state index contributed by atoms with van der Waals surface area (Å²) in [4.78, 5) is 36.4. The Bertz CT molecular complexity index is 801. The highest BCUT2D eigenvalue weighted by atomic mass is 28.4. The molecule has 3 atom stereocenters. The minimum atomic E-state index is -2.22. The Kier molecular flexibility index (Phi) is 5.42. The molecule has 1 aliphatic heterocycles. The Morgan fingerprint density at radius 1 is 1.46 bits per heavy atom. The maximum absolute atomic E-state index is 14.5. The number of hydrogen-bond acceptors (Lipinski definition) is 5. The fourth-order valence-electron chi connectivity index (χ4n) is 2.40. The molecule has 0 aliphatic carbocycles. The van der Waals surface area contributed by atoms with Crippen LogP contribution in [0.25, 0.3) is 0 Å². The Morgan fingerprint density at radius 3 is 2.62 bits per heavy atom. The van der Waals surface area contributed by atoms with Crippen molar-refractivity contribution in [2.75, 3.05) is 6.61 Å². The predicted octanol–water partition coefficient (Wildman–Crippen LogP) is 1.89. The third kappa shape index (κ3) is 3.86. The van der Waals surface area contributed by atoms with E-state index in [1.54, 1.807) is 4.98 Å². The molecular weight excluding hydrogens is 366 g/mol. The lowest BCUT2D eigenvalue weighted by Gasteiger charge is -2.38. The van der Waals surface area contributed by atoms with Gasteiger partial charge in [-0.15, -0.1) is 0 Å². The zero-order valence-corrected chi connectivity index (χ0v) is 16.5. The summed E-state index contributed by atoms with van der Waals surface area (Å²) in [5, 5.41) is -0.122. The monoisotopic (exact) mass is 390 g/mol. The summed E-state index contributed by atoms with van der Waals surface area (Å²) in [6, 6.07) is 0. The molecule has 3 unspecified atom stereocenters. The molecule has 1 N–H and O–H groups in total. The molecule has 1 fully saturated rings. The molecule has 1 aromatic heterocycles. The molecule has 0 spiro atoms. The van der Waals surface area contributed by atoms with Gasteiger partial charge in [0.2, 0.25) is 5.82 Å². The smallest absolute Gasteiger partial charge is 0.330 e. The van der Waals surface area contributed by atoms with Gasteiger partial charge in [0.25, 0.3) is 5.56 Å². The average Bonchev–Trinajstić information content (AvgIpc) is 2.85. The van der Waals surface area contributed by atoms with E-state index in [9.17, 15) is 23.2 Å². The van der Waals surface area contributed by atoms with Gasteiger partial charge >= 0.3 is 5.69 Å².